The van der Waals surface area contributed by atoms with Gasteiger partial charge < -0.3 is 10.6 Å². The van der Waals surface area contributed by atoms with E-state index in [4.69, 9.17) is 9.97 Å². The van der Waals surface area contributed by atoms with E-state index in [0.29, 0.717) is 0 Å². The van der Waals surface area contributed by atoms with Crippen LogP contribution in [0.25, 0.3) is 21.8 Å². The monoisotopic (exact) mass is 462 g/mol. The minimum Gasteiger partial charge on any atom is -0.384 e. The number of fused-ring (bicyclic) bond motifs is 2. The minimum atomic E-state index is 0. The van der Waals surface area contributed by atoms with Gasteiger partial charge in [0.25, 0.3) is 0 Å². The zero-order chi connectivity index (χ0) is 22.5. The molecule has 4 nitrogen and oxygen atoms in total. The molecule has 0 atom stereocenters. The predicted molar refractivity (Wildman–Crippen MR) is 145 cm³/mol. The molecular weight excluding hydrogens is 428 g/mol. The van der Waals surface area contributed by atoms with Gasteiger partial charge in [-0.2, -0.15) is 0 Å². The Kier molecular flexibility index (Phi) is 8.51. The lowest BCUT2D eigenvalue weighted by Gasteiger charge is -2.13. The molecule has 2 N–H and O–H groups in total. The Morgan fingerprint density at radius 2 is 1.03 bits per heavy atom. The summed E-state index contributed by atoms with van der Waals surface area (Å²) in [6.45, 7) is 10.4. The molecule has 5 heteroatoms. The quantitative estimate of drug-likeness (QED) is 0.252. The van der Waals surface area contributed by atoms with Gasteiger partial charge in [0.05, 0.1) is 11.0 Å². The molecule has 0 aliphatic carbocycles. The molecule has 0 unspecified atom stereocenters. The van der Waals surface area contributed by atoms with E-state index in [-0.39, 0.29) is 12.4 Å². The molecule has 0 bridgehead atoms. The summed E-state index contributed by atoms with van der Waals surface area (Å²) in [5, 5.41) is 9.72. The second-order valence-electron chi connectivity index (χ2n) is 8.83. The average Bonchev–Trinajstić information content (AvgIpc) is 2.77. The van der Waals surface area contributed by atoms with Crippen LogP contribution in [0.4, 0.5) is 11.4 Å². The number of nitrogens with one attached hydrogen (secondary N) is 2. The minimum absolute atomic E-state index is 0. The summed E-state index contributed by atoms with van der Waals surface area (Å²) in [7, 11) is 0. The highest BCUT2D eigenvalue weighted by Gasteiger charge is 2.07. The van der Waals surface area contributed by atoms with Gasteiger partial charge in [-0.15, -0.1) is 12.4 Å². The summed E-state index contributed by atoms with van der Waals surface area (Å²) in [4.78, 5) is 9.43. The first-order valence-electron chi connectivity index (χ1n) is 11.7. The number of unbranched alkanes of at least 4 members (excludes halogenated alkanes) is 3. The van der Waals surface area contributed by atoms with Crippen LogP contribution in [0, 0.1) is 27.7 Å². The van der Waals surface area contributed by atoms with Crippen molar-refractivity contribution in [3.63, 3.8) is 0 Å². The molecule has 0 fully saturated rings. The number of benzene rings is 2. The lowest BCUT2D eigenvalue weighted by molar-refractivity contribution is 0.671. The van der Waals surface area contributed by atoms with E-state index < -0.39 is 0 Å². The fourth-order valence-corrected chi connectivity index (χ4v) is 4.38. The largest absolute Gasteiger partial charge is 0.384 e. The molecule has 4 rings (SSSR count). The van der Waals surface area contributed by atoms with Gasteiger partial charge in [-0.05, 0) is 63.8 Å². The van der Waals surface area contributed by atoms with E-state index >= 15 is 0 Å². The summed E-state index contributed by atoms with van der Waals surface area (Å²) in [6, 6.07) is 17.1. The SMILES string of the molecule is Cc1cc(NCCCCCCNc2cc(C)nc3c(C)cccc23)c2cccc(C)c2n1.Cl. The van der Waals surface area contributed by atoms with Crippen molar-refractivity contribution >= 4 is 45.6 Å². The normalized spacial score (nSPS) is 10.9. The maximum Gasteiger partial charge on any atom is 0.0755 e. The van der Waals surface area contributed by atoms with Crippen molar-refractivity contribution in [2.75, 3.05) is 23.7 Å². The predicted octanol–water partition coefficient (Wildman–Crippen LogP) is 7.52. The molecule has 0 saturated heterocycles. The number of hydrogen-bond donors (Lipinski definition) is 2. The summed E-state index contributed by atoms with van der Waals surface area (Å²) in [5.41, 5.74) is 9.21. The standard InChI is InChI=1S/C28H34N4.ClH/c1-19-11-9-13-23-25(17-21(3)31-27(19)23)29-15-7-5-6-8-16-30-26-18-22(4)32-28-20(2)12-10-14-24(26)28;/h9-14,17-18H,5-8,15-16H2,1-4H3,(H,29,31)(H,30,32);1H. The highest BCUT2D eigenvalue weighted by molar-refractivity contribution is 5.94. The van der Waals surface area contributed by atoms with Crippen LogP contribution in [0.15, 0.2) is 48.5 Å². The van der Waals surface area contributed by atoms with Crippen LogP contribution in [0.3, 0.4) is 0 Å². The van der Waals surface area contributed by atoms with Crippen LogP contribution in [0.1, 0.15) is 48.2 Å². The zero-order valence-electron chi connectivity index (χ0n) is 20.2. The van der Waals surface area contributed by atoms with Crippen molar-refractivity contribution in [3.05, 3.63) is 71.0 Å². The van der Waals surface area contributed by atoms with Crippen LogP contribution in [0.2, 0.25) is 0 Å². The van der Waals surface area contributed by atoms with Crippen LogP contribution < -0.4 is 10.6 Å². The van der Waals surface area contributed by atoms with Crippen LogP contribution in [-0.2, 0) is 0 Å². The van der Waals surface area contributed by atoms with Crippen molar-refractivity contribution in [1.82, 2.24) is 9.97 Å². The molecule has 0 radical (unpaired) electrons. The smallest absolute Gasteiger partial charge is 0.0755 e. The number of halogens is 1. The first-order valence-corrected chi connectivity index (χ1v) is 11.7. The summed E-state index contributed by atoms with van der Waals surface area (Å²) in [6.07, 6.45) is 4.80. The molecule has 2 aromatic carbocycles. The lowest BCUT2D eigenvalue weighted by Crippen LogP contribution is -2.05. The highest BCUT2D eigenvalue weighted by atomic mass is 35.5. The maximum atomic E-state index is 4.72. The third-order valence-electron chi connectivity index (χ3n) is 6.07. The van der Waals surface area contributed by atoms with Gasteiger partial charge in [0.15, 0.2) is 0 Å². The molecule has 2 heterocycles. The molecule has 0 aliphatic heterocycles. The summed E-state index contributed by atoms with van der Waals surface area (Å²) in [5.74, 6) is 0. The Labute approximate surface area is 203 Å². The van der Waals surface area contributed by atoms with Crippen molar-refractivity contribution < 1.29 is 0 Å². The molecule has 0 aliphatic rings. The van der Waals surface area contributed by atoms with Gasteiger partial charge >= 0.3 is 0 Å². The molecule has 2 aromatic heterocycles. The Bertz CT molecular complexity index is 1140. The van der Waals surface area contributed by atoms with Gasteiger partial charge in [-0.25, -0.2) is 0 Å². The second kappa shape index (κ2) is 11.3. The Hall–Kier alpha value is -2.85. The summed E-state index contributed by atoms with van der Waals surface area (Å²) < 4.78 is 0. The van der Waals surface area contributed by atoms with E-state index in [2.05, 4.69) is 86.9 Å². The number of para-hydroxylation sites is 2. The third kappa shape index (κ3) is 5.94. The van der Waals surface area contributed by atoms with Crippen molar-refractivity contribution in [2.45, 2.75) is 53.4 Å². The fourth-order valence-electron chi connectivity index (χ4n) is 4.38. The Morgan fingerprint density at radius 3 is 1.45 bits per heavy atom. The number of hydrogen-bond acceptors (Lipinski definition) is 4. The van der Waals surface area contributed by atoms with E-state index in [0.717, 1.165) is 35.5 Å². The fraction of sp³-hybridized carbons (Fsp3) is 0.357. The second-order valence-corrected chi connectivity index (χ2v) is 8.83. The molecule has 174 valence electrons. The van der Waals surface area contributed by atoms with E-state index in [9.17, 15) is 0 Å². The van der Waals surface area contributed by atoms with Crippen LogP contribution in [0.5, 0.6) is 0 Å². The lowest BCUT2D eigenvalue weighted by atomic mass is 10.1. The van der Waals surface area contributed by atoms with Crippen LogP contribution >= 0.6 is 12.4 Å². The van der Waals surface area contributed by atoms with Gasteiger partial charge in [0.2, 0.25) is 0 Å². The Morgan fingerprint density at radius 1 is 0.606 bits per heavy atom. The number of nitrogens with zero attached hydrogens (tertiary/aromatic N) is 2. The number of rotatable bonds is 9. The maximum absolute atomic E-state index is 4.72. The van der Waals surface area contributed by atoms with E-state index in [1.165, 1.54) is 59.0 Å². The molecule has 0 amide bonds. The molecule has 0 spiro atoms. The molecule has 4 aromatic rings. The van der Waals surface area contributed by atoms with Gasteiger partial charge in [0, 0.05) is 46.6 Å². The molecule has 0 saturated carbocycles. The van der Waals surface area contributed by atoms with Crippen molar-refractivity contribution in [1.29, 1.82) is 0 Å². The van der Waals surface area contributed by atoms with Crippen molar-refractivity contribution in [3.8, 4) is 0 Å². The van der Waals surface area contributed by atoms with E-state index in [1.807, 2.05) is 0 Å². The number of aryl methyl sites for hydroxylation is 4. The average molecular weight is 463 g/mol. The first-order chi connectivity index (χ1) is 15.5. The van der Waals surface area contributed by atoms with Crippen molar-refractivity contribution in [2.24, 2.45) is 0 Å². The van der Waals surface area contributed by atoms with Gasteiger partial charge in [0.1, 0.15) is 0 Å². The third-order valence-corrected chi connectivity index (χ3v) is 6.07. The number of aromatic nitrogens is 2. The van der Waals surface area contributed by atoms with Crippen LogP contribution in [-0.4, -0.2) is 23.1 Å². The van der Waals surface area contributed by atoms with Gasteiger partial charge in [-0.1, -0.05) is 49.2 Å². The zero-order valence-corrected chi connectivity index (χ0v) is 21.0. The topological polar surface area (TPSA) is 49.8 Å². The molecule has 33 heavy (non-hydrogen) atoms. The highest BCUT2D eigenvalue weighted by Crippen LogP contribution is 2.26. The molecular formula is C28H35ClN4. The summed E-state index contributed by atoms with van der Waals surface area (Å²) >= 11 is 0. The number of pyridine rings is 2. The number of anilines is 2. The van der Waals surface area contributed by atoms with Gasteiger partial charge in [-0.3, -0.25) is 9.97 Å². The Balaban J connectivity index is 0.00000306. The van der Waals surface area contributed by atoms with E-state index in [1.54, 1.807) is 0 Å². The first kappa shape index (κ1) is 24.8.